The second-order valence-corrected chi connectivity index (χ2v) is 7.33. The molecular weight excluding hydrogens is 316 g/mol. The number of rotatable bonds is 2. The summed E-state index contributed by atoms with van der Waals surface area (Å²) in [4.78, 5) is 19.4. The van der Waals surface area contributed by atoms with E-state index in [0.29, 0.717) is 5.92 Å². The molecule has 2 aliphatic heterocycles. The van der Waals surface area contributed by atoms with E-state index in [4.69, 9.17) is 9.72 Å². The Morgan fingerprint density at radius 1 is 1.16 bits per heavy atom. The number of fused-ring (bicyclic) bond motifs is 1. The molecule has 25 heavy (non-hydrogen) atoms. The smallest absolute Gasteiger partial charge is 0.251 e. The topological polar surface area (TPSA) is 59.7 Å². The van der Waals surface area contributed by atoms with Gasteiger partial charge in [-0.15, -0.1) is 0 Å². The largest absolute Gasteiger partial charge is 0.368 e. The van der Waals surface area contributed by atoms with E-state index in [0.717, 1.165) is 74.5 Å². The minimum Gasteiger partial charge on any atom is -0.368 e. The minimum atomic E-state index is -0.211. The fraction of sp³-hybridized carbons (Fsp3) is 0.632. The predicted octanol–water partition coefficient (Wildman–Crippen LogP) is 2.62. The molecule has 4 rings (SSSR count). The van der Waals surface area contributed by atoms with Gasteiger partial charge in [0.25, 0.3) is 5.91 Å². The highest BCUT2D eigenvalue weighted by molar-refractivity contribution is 5.81. The molecule has 2 saturated heterocycles. The molecule has 6 nitrogen and oxygen atoms in total. The monoisotopic (exact) mass is 342 g/mol. The summed E-state index contributed by atoms with van der Waals surface area (Å²) in [5.74, 6) is 0.597. The quantitative estimate of drug-likeness (QED) is 0.842. The lowest BCUT2D eigenvalue weighted by Gasteiger charge is -2.35. The van der Waals surface area contributed by atoms with Crippen molar-refractivity contribution in [3.63, 3.8) is 0 Å². The first-order valence-corrected chi connectivity index (χ1v) is 9.36. The van der Waals surface area contributed by atoms with E-state index in [9.17, 15) is 4.79 Å². The lowest BCUT2D eigenvalue weighted by Crippen LogP contribution is -2.45. The van der Waals surface area contributed by atoms with Gasteiger partial charge in [0, 0.05) is 43.1 Å². The Labute approximate surface area is 148 Å². The SMILES string of the molecule is Cc1cc2nc(C3CCN(C(=O)[C@@H]4CCCCO4)CC3)cc(C)n2n1. The van der Waals surface area contributed by atoms with Crippen LogP contribution in [0, 0.1) is 13.8 Å². The van der Waals surface area contributed by atoms with E-state index in [1.807, 2.05) is 22.4 Å². The highest BCUT2D eigenvalue weighted by Gasteiger charge is 2.30. The number of piperidine rings is 1. The number of hydrogen-bond donors (Lipinski definition) is 0. The summed E-state index contributed by atoms with van der Waals surface area (Å²) in [7, 11) is 0. The van der Waals surface area contributed by atoms with Crippen LogP contribution in [0.15, 0.2) is 12.1 Å². The van der Waals surface area contributed by atoms with Gasteiger partial charge < -0.3 is 9.64 Å². The van der Waals surface area contributed by atoms with Crippen LogP contribution in [0.1, 0.15) is 55.1 Å². The molecular formula is C19H26N4O2. The van der Waals surface area contributed by atoms with Crippen molar-refractivity contribution in [2.45, 2.75) is 58.0 Å². The van der Waals surface area contributed by atoms with Gasteiger partial charge in [-0.05, 0) is 52.0 Å². The maximum absolute atomic E-state index is 12.6. The zero-order valence-electron chi connectivity index (χ0n) is 15.1. The lowest BCUT2D eigenvalue weighted by atomic mass is 9.92. The van der Waals surface area contributed by atoms with Crippen LogP contribution >= 0.6 is 0 Å². The van der Waals surface area contributed by atoms with Gasteiger partial charge in [0.15, 0.2) is 5.65 Å². The van der Waals surface area contributed by atoms with Crippen molar-refractivity contribution in [2.24, 2.45) is 0 Å². The average molecular weight is 342 g/mol. The van der Waals surface area contributed by atoms with Crippen molar-refractivity contribution in [3.05, 3.63) is 29.2 Å². The number of amides is 1. The molecule has 0 bridgehead atoms. The first kappa shape index (κ1) is 16.5. The van der Waals surface area contributed by atoms with E-state index in [2.05, 4.69) is 18.1 Å². The van der Waals surface area contributed by atoms with Crippen molar-refractivity contribution in [1.82, 2.24) is 19.5 Å². The van der Waals surface area contributed by atoms with E-state index >= 15 is 0 Å². The van der Waals surface area contributed by atoms with Gasteiger partial charge in [-0.2, -0.15) is 5.10 Å². The number of aryl methyl sites for hydroxylation is 2. The molecule has 0 N–H and O–H groups in total. The second-order valence-electron chi connectivity index (χ2n) is 7.33. The molecule has 6 heteroatoms. The summed E-state index contributed by atoms with van der Waals surface area (Å²) in [5.41, 5.74) is 4.15. The molecule has 1 atom stereocenters. The molecule has 134 valence electrons. The Kier molecular flexibility index (Phi) is 4.46. The first-order valence-electron chi connectivity index (χ1n) is 9.36. The third kappa shape index (κ3) is 3.27. The van der Waals surface area contributed by atoms with Crippen molar-refractivity contribution in [3.8, 4) is 0 Å². The number of ether oxygens (including phenoxy) is 1. The predicted molar refractivity (Wildman–Crippen MR) is 94.6 cm³/mol. The molecule has 0 radical (unpaired) electrons. The third-order valence-electron chi connectivity index (χ3n) is 5.43. The zero-order valence-corrected chi connectivity index (χ0v) is 15.1. The number of likely N-dealkylation sites (tertiary alicyclic amines) is 1. The molecule has 0 spiro atoms. The number of carbonyl (C=O) groups is 1. The number of hydrogen-bond acceptors (Lipinski definition) is 4. The molecule has 2 aliphatic rings. The van der Waals surface area contributed by atoms with Crippen LogP contribution in [0.3, 0.4) is 0 Å². The fourth-order valence-electron chi connectivity index (χ4n) is 4.01. The van der Waals surface area contributed by atoms with Gasteiger partial charge in [0.05, 0.1) is 5.69 Å². The fourth-order valence-corrected chi connectivity index (χ4v) is 4.01. The maximum atomic E-state index is 12.6. The van der Waals surface area contributed by atoms with Crippen molar-refractivity contribution < 1.29 is 9.53 Å². The van der Waals surface area contributed by atoms with Crippen LogP contribution in [0.2, 0.25) is 0 Å². The van der Waals surface area contributed by atoms with Gasteiger partial charge in [-0.25, -0.2) is 9.50 Å². The van der Waals surface area contributed by atoms with Crippen LogP contribution in [-0.4, -0.2) is 51.2 Å². The number of aromatic nitrogens is 3. The van der Waals surface area contributed by atoms with Crippen molar-refractivity contribution >= 4 is 11.6 Å². The molecule has 0 unspecified atom stereocenters. The molecule has 0 saturated carbocycles. The minimum absolute atomic E-state index is 0.184. The molecule has 4 heterocycles. The first-order chi connectivity index (χ1) is 12.1. The highest BCUT2D eigenvalue weighted by atomic mass is 16.5. The average Bonchev–Trinajstić information content (AvgIpc) is 3.03. The zero-order chi connectivity index (χ0) is 17.4. The molecule has 2 fully saturated rings. The third-order valence-corrected chi connectivity index (χ3v) is 5.43. The van der Waals surface area contributed by atoms with E-state index < -0.39 is 0 Å². The summed E-state index contributed by atoms with van der Waals surface area (Å²) >= 11 is 0. The number of nitrogens with zero attached hydrogens (tertiary/aromatic N) is 4. The van der Waals surface area contributed by atoms with Gasteiger partial charge >= 0.3 is 0 Å². The van der Waals surface area contributed by atoms with Crippen LogP contribution < -0.4 is 0 Å². The molecule has 2 aromatic rings. The van der Waals surface area contributed by atoms with Crippen LogP contribution in [0.25, 0.3) is 5.65 Å². The lowest BCUT2D eigenvalue weighted by molar-refractivity contribution is -0.147. The van der Waals surface area contributed by atoms with Gasteiger partial charge in [-0.3, -0.25) is 4.79 Å². The maximum Gasteiger partial charge on any atom is 0.251 e. The van der Waals surface area contributed by atoms with Crippen molar-refractivity contribution in [2.75, 3.05) is 19.7 Å². The molecule has 1 amide bonds. The summed E-state index contributed by atoms with van der Waals surface area (Å²) in [6.45, 7) is 6.39. The van der Waals surface area contributed by atoms with Gasteiger partial charge in [0.2, 0.25) is 0 Å². The summed E-state index contributed by atoms with van der Waals surface area (Å²) in [5, 5.41) is 4.47. The Morgan fingerprint density at radius 2 is 1.96 bits per heavy atom. The molecule has 0 aliphatic carbocycles. The summed E-state index contributed by atoms with van der Waals surface area (Å²) in [6, 6.07) is 4.17. The second kappa shape index (κ2) is 6.75. The summed E-state index contributed by atoms with van der Waals surface area (Å²) < 4.78 is 7.56. The van der Waals surface area contributed by atoms with Crippen LogP contribution in [-0.2, 0) is 9.53 Å². The van der Waals surface area contributed by atoms with Crippen LogP contribution in [0.4, 0.5) is 0 Å². The van der Waals surface area contributed by atoms with E-state index in [1.54, 1.807) is 0 Å². The Hall–Kier alpha value is -1.95. The summed E-state index contributed by atoms with van der Waals surface area (Å²) in [6.07, 6.45) is 4.77. The van der Waals surface area contributed by atoms with E-state index in [-0.39, 0.29) is 12.0 Å². The molecule has 0 aromatic carbocycles. The van der Waals surface area contributed by atoms with Gasteiger partial charge in [-0.1, -0.05) is 0 Å². The standard InChI is InChI=1S/C19H26N4O2/c1-13-11-18-20-16(12-14(2)23(18)21-13)15-6-8-22(9-7-15)19(24)17-5-3-4-10-25-17/h11-12,15,17H,3-10H2,1-2H3/t17-/m0/s1. The normalized spacial score (nSPS) is 22.5. The molecule has 2 aromatic heterocycles. The Balaban J connectivity index is 1.44. The highest BCUT2D eigenvalue weighted by Crippen LogP contribution is 2.29. The van der Waals surface area contributed by atoms with Crippen LogP contribution in [0.5, 0.6) is 0 Å². The number of carbonyl (C=O) groups excluding carboxylic acids is 1. The van der Waals surface area contributed by atoms with E-state index in [1.165, 1.54) is 0 Å². The Bertz CT molecular complexity index is 771. The van der Waals surface area contributed by atoms with Gasteiger partial charge in [0.1, 0.15) is 6.10 Å². The van der Waals surface area contributed by atoms with Crippen molar-refractivity contribution in [1.29, 1.82) is 0 Å². The Morgan fingerprint density at radius 3 is 2.68 bits per heavy atom.